The molecule has 5 heteroatoms. The van der Waals surface area contributed by atoms with Crippen LogP contribution in [0.2, 0.25) is 0 Å². The van der Waals surface area contributed by atoms with Crippen LogP contribution in [0.15, 0.2) is 52.9 Å². The molecule has 1 saturated heterocycles. The van der Waals surface area contributed by atoms with E-state index in [9.17, 15) is 4.79 Å². The summed E-state index contributed by atoms with van der Waals surface area (Å²) in [5.41, 5.74) is 2.91. The number of fused-ring (bicyclic) bond motifs is 1. The average molecular weight is 392 g/mol. The van der Waals surface area contributed by atoms with Crippen molar-refractivity contribution in [3.63, 3.8) is 0 Å². The van der Waals surface area contributed by atoms with E-state index in [1.54, 1.807) is 13.2 Å². The van der Waals surface area contributed by atoms with Crippen LogP contribution in [0.3, 0.4) is 0 Å². The van der Waals surface area contributed by atoms with E-state index in [2.05, 4.69) is 41.4 Å². The molecule has 0 unspecified atom stereocenters. The van der Waals surface area contributed by atoms with E-state index in [0.29, 0.717) is 11.3 Å². The summed E-state index contributed by atoms with van der Waals surface area (Å²) >= 11 is 0. The smallest absolute Gasteiger partial charge is 0.287 e. The molecule has 1 fully saturated rings. The van der Waals surface area contributed by atoms with Gasteiger partial charge in [0.1, 0.15) is 0 Å². The molecule has 152 valence electrons. The summed E-state index contributed by atoms with van der Waals surface area (Å²) in [7, 11) is 1.59. The Morgan fingerprint density at radius 2 is 1.90 bits per heavy atom. The van der Waals surface area contributed by atoms with Crippen LogP contribution in [0.25, 0.3) is 11.0 Å². The normalized spacial score (nSPS) is 16.0. The minimum absolute atomic E-state index is 0.118. The van der Waals surface area contributed by atoms with Gasteiger partial charge in [0, 0.05) is 24.2 Å². The lowest BCUT2D eigenvalue weighted by Gasteiger charge is -2.32. The number of anilines is 1. The van der Waals surface area contributed by atoms with Crippen molar-refractivity contribution < 1.29 is 13.9 Å². The molecule has 2 aromatic carbocycles. The molecule has 29 heavy (non-hydrogen) atoms. The predicted octanol–water partition coefficient (Wildman–Crippen LogP) is 5.17. The molecule has 0 saturated carbocycles. The van der Waals surface area contributed by atoms with Crippen LogP contribution in [-0.2, 0) is 0 Å². The van der Waals surface area contributed by atoms with E-state index < -0.39 is 0 Å². The molecule has 1 aromatic heterocycles. The lowest BCUT2D eigenvalue weighted by atomic mass is 9.98. The third-order valence-electron chi connectivity index (χ3n) is 5.84. The monoisotopic (exact) mass is 392 g/mol. The number of nitrogens with one attached hydrogen (secondary N) is 1. The van der Waals surface area contributed by atoms with Crippen LogP contribution in [0.1, 0.15) is 48.8 Å². The molecule has 4 rings (SSSR count). The number of hydrogen-bond acceptors (Lipinski definition) is 4. The van der Waals surface area contributed by atoms with Crippen molar-refractivity contribution >= 4 is 22.6 Å². The van der Waals surface area contributed by atoms with Gasteiger partial charge in [0.15, 0.2) is 17.1 Å². The van der Waals surface area contributed by atoms with E-state index in [1.807, 2.05) is 25.1 Å². The van der Waals surface area contributed by atoms with Gasteiger partial charge in [0.25, 0.3) is 5.91 Å². The molecular weight excluding hydrogens is 364 g/mol. The van der Waals surface area contributed by atoms with Gasteiger partial charge in [-0.25, -0.2) is 0 Å². The van der Waals surface area contributed by atoms with Crippen LogP contribution in [0.5, 0.6) is 5.75 Å². The molecule has 1 N–H and O–H groups in total. The highest BCUT2D eigenvalue weighted by Crippen LogP contribution is 2.29. The first-order valence-electron chi connectivity index (χ1n) is 10.3. The molecule has 0 aliphatic carbocycles. The van der Waals surface area contributed by atoms with Crippen LogP contribution >= 0.6 is 0 Å². The molecule has 2 heterocycles. The van der Waals surface area contributed by atoms with Gasteiger partial charge >= 0.3 is 0 Å². The lowest BCUT2D eigenvalue weighted by molar-refractivity contribution is 0.0914. The number of para-hydroxylation sites is 1. The Kier molecular flexibility index (Phi) is 5.47. The quantitative estimate of drug-likeness (QED) is 0.651. The van der Waals surface area contributed by atoms with Crippen molar-refractivity contribution in [1.82, 2.24) is 5.32 Å². The highest BCUT2D eigenvalue weighted by molar-refractivity contribution is 5.97. The van der Waals surface area contributed by atoms with E-state index in [0.717, 1.165) is 30.0 Å². The topological polar surface area (TPSA) is 54.7 Å². The minimum Gasteiger partial charge on any atom is -0.493 e. The zero-order valence-corrected chi connectivity index (χ0v) is 17.3. The van der Waals surface area contributed by atoms with E-state index >= 15 is 0 Å². The second kappa shape index (κ2) is 8.19. The largest absolute Gasteiger partial charge is 0.493 e. The Bertz CT molecular complexity index is 985. The first kappa shape index (κ1) is 19.4. The number of methoxy groups -OCH3 is 1. The van der Waals surface area contributed by atoms with Crippen molar-refractivity contribution in [3.05, 3.63) is 59.9 Å². The second-order valence-electron chi connectivity index (χ2n) is 7.95. The fraction of sp³-hybridized carbons (Fsp3) is 0.375. The molecule has 1 amide bonds. The van der Waals surface area contributed by atoms with E-state index in [1.165, 1.54) is 18.5 Å². The number of piperidine rings is 1. The molecule has 0 radical (unpaired) electrons. The fourth-order valence-electron chi connectivity index (χ4n) is 3.90. The third-order valence-corrected chi connectivity index (χ3v) is 5.84. The maximum Gasteiger partial charge on any atom is 0.287 e. The Balaban J connectivity index is 1.43. The van der Waals surface area contributed by atoms with Gasteiger partial charge in [-0.3, -0.25) is 4.79 Å². The third kappa shape index (κ3) is 4.09. The molecule has 1 aliphatic rings. The molecule has 1 aliphatic heterocycles. The highest BCUT2D eigenvalue weighted by atomic mass is 16.5. The zero-order chi connectivity index (χ0) is 20.4. The van der Waals surface area contributed by atoms with Gasteiger partial charge in [-0.2, -0.15) is 0 Å². The van der Waals surface area contributed by atoms with Gasteiger partial charge in [0.05, 0.1) is 13.2 Å². The minimum atomic E-state index is -0.232. The van der Waals surface area contributed by atoms with Crippen molar-refractivity contribution in [2.24, 2.45) is 5.92 Å². The lowest BCUT2D eigenvalue weighted by Crippen LogP contribution is -2.32. The van der Waals surface area contributed by atoms with Crippen LogP contribution in [-0.4, -0.2) is 26.1 Å². The number of benzene rings is 2. The predicted molar refractivity (Wildman–Crippen MR) is 116 cm³/mol. The molecule has 1 atom stereocenters. The number of amides is 1. The van der Waals surface area contributed by atoms with Crippen LogP contribution in [0.4, 0.5) is 5.69 Å². The Labute approximate surface area is 171 Å². The number of ether oxygens (including phenoxy) is 1. The van der Waals surface area contributed by atoms with Gasteiger partial charge in [-0.15, -0.1) is 0 Å². The van der Waals surface area contributed by atoms with Crippen molar-refractivity contribution in [1.29, 1.82) is 0 Å². The summed E-state index contributed by atoms with van der Waals surface area (Å²) in [4.78, 5) is 15.1. The Hall–Kier alpha value is -2.95. The molecule has 5 nitrogen and oxygen atoms in total. The molecule has 3 aromatic rings. The SMILES string of the molecule is COc1cccc2cc(C(=O)N[C@@H](C)c3ccc(N4CCC(C)CC4)cc3)oc12. The maximum atomic E-state index is 12.7. The van der Waals surface area contributed by atoms with Crippen molar-refractivity contribution in [2.45, 2.75) is 32.7 Å². The first-order chi connectivity index (χ1) is 14.0. The first-order valence-corrected chi connectivity index (χ1v) is 10.3. The molecule has 0 bridgehead atoms. The second-order valence-corrected chi connectivity index (χ2v) is 7.95. The number of carbonyl (C=O) groups is 1. The van der Waals surface area contributed by atoms with Crippen LogP contribution in [0, 0.1) is 5.92 Å². The van der Waals surface area contributed by atoms with Crippen molar-refractivity contribution in [3.8, 4) is 5.75 Å². The number of hydrogen-bond donors (Lipinski definition) is 1. The zero-order valence-electron chi connectivity index (χ0n) is 17.3. The van der Waals surface area contributed by atoms with Gasteiger partial charge < -0.3 is 19.4 Å². The summed E-state index contributed by atoms with van der Waals surface area (Å²) in [6, 6.07) is 15.7. The van der Waals surface area contributed by atoms with Crippen LogP contribution < -0.4 is 15.0 Å². The van der Waals surface area contributed by atoms with E-state index in [-0.39, 0.29) is 17.7 Å². The number of carbonyl (C=O) groups excluding carboxylic acids is 1. The summed E-state index contributed by atoms with van der Waals surface area (Å²) < 4.78 is 11.1. The fourth-order valence-corrected chi connectivity index (χ4v) is 3.90. The standard InChI is InChI=1S/C24H28N2O3/c1-16-11-13-26(14-12-16)20-9-7-18(8-10-20)17(2)25-24(27)22-15-19-5-4-6-21(28-3)23(19)29-22/h4-10,15-17H,11-14H2,1-3H3,(H,25,27)/t17-/m0/s1. The summed E-state index contributed by atoms with van der Waals surface area (Å²) in [6.45, 7) is 6.53. The van der Waals surface area contributed by atoms with E-state index in [4.69, 9.17) is 9.15 Å². The van der Waals surface area contributed by atoms with Gasteiger partial charge in [-0.05, 0) is 55.5 Å². The summed E-state index contributed by atoms with van der Waals surface area (Å²) in [5.74, 6) is 1.50. The number of furan rings is 1. The van der Waals surface area contributed by atoms with Crippen molar-refractivity contribution in [2.75, 3.05) is 25.1 Å². The Morgan fingerprint density at radius 3 is 2.59 bits per heavy atom. The number of rotatable bonds is 5. The Morgan fingerprint density at radius 1 is 1.17 bits per heavy atom. The molecular formula is C24H28N2O3. The number of nitrogens with zero attached hydrogens (tertiary/aromatic N) is 1. The maximum absolute atomic E-state index is 12.7. The summed E-state index contributed by atoms with van der Waals surface area (Å²) in [6.07, 6.45) is 2.49. The van der Waals surface area contributed by atoms with Gasteiger partial charge in [-0.1, -0.05) is 31.2 Å². The molecule has 0 spiro atoms. The average Bonchev–Trinajstić information content (AvgIpc) is 3.19. The summed E-state index contributed by atoms with van der Waals surface area (Å²) in [5, 5.41) is 3.88. The van der Waals surface area contributed by atoms with Gasteiger partial charge in [0.2, 0.25) is 0 Å². The highest BCUT2D eigenvalue weighted by Gasteiger charge is 2.19.